The minimum atomic E-state index is -0.0529. The zero-order chi connectivity index (χ0) is 21.0. The highest BCUT2D eigenvalue weighted by molar-refractivity contribution is 7.17. The van der Waals surface area contributed by atoms with Crippen LogP contribution >= 0.6 is 11.3 Å². The van der Waals surface area contributed by atoms with E-state index in [1.165, 1.54) is 0 Å². The zero-order valence-corrected chi connectivity index (χ0v) is 18.7. The lowest BCUT2D eigenvalue weighted by Crippen LogP contribution is -2.45. The Morgan fingerprint density at radius 2 is 1.90 bits per heavy atom. The van der Waals surface area contributed by atoms with Crippen molar-refractivity contribution in [3.8, 4) is 0 Å². The fourth-order valence-corrected chi connectivity index (χ4v) is 6.40. The van der Waals surface area contributed by atoms with Crippen LogP contribution in [-0.2, 0) is 22.6 Å². The summed E-state index contributed by atoms with van der Waals surface area (Å²) in [6, 6.07) is 0. The third-order valence-electron chi connectivity index (χ3n) is 6.94. The summed E-state index contributed by atoms with van der Waals surface area (Å²) in [4.78, 5) is 47.9. The summed E-state index contributed by atoms with van der Waals surface area (Å²) >= 11 is 1.56. The molecule has 3 amide bonds. The van der Waals surface area contributed by atoms with Crippen molar-refractivity contribution in [3.63, 3.8) is 0 Å². The summed E-state index contributed by atoms with van der Waals surface area (Å²) < 4.78 is 0. The maximum absolute atomic E-state index is 13.2. The molecule has 1 saturated carbocycles. The van der Waals surface area contributed by atoms with Gasteiger partial charge in [-0.3, -0.25) is 14.4 Å². The lowest BCUT2D eigenvalue weighted by Gasteiger charge is -2.34. The van der Waals surface area contributed by atoms with Gasteiger partial charge in [0.2, 0.25) is 11.8 Å². The molecule has 0 radical (unpaired) electrons. The van der Waals surface area contributed by atoms with E-state index in [4.69, 9.17) is 0 Å². The van der Waals surface area contributed by atoms with Gasteiger partial charge in [-0.1, -0.05) is 0 Å². The lowest BCUT2D eigenvalue weighted by molar-refractivity contribution is -0.138. The summed E-state index contributed by atoms with van der Waals surface area (Å²) in [6.45, 7) is 3.96. The molecule has 1 atom stereocenters. The average Bonchev–Trinajstić information content (AvgIpc) is 3.49. The van der Waals surface area contributed by atoms with Crippen LogP contribution in [0, 0.1) is 11.8 Å². The van der Waals surface area contributed by atoms with Gasteiger partial charge in [0.1, 0.15) is 11.5 Å². The molecule has 8 heteroatoms. The maximum Gasteiger partial charge on any atom is 0.257 e. The molecule has 1 aromatic heterocycles. The van der Waals surface area contributed by atoms with Gasteiger partial charge in [0.15, 0.2) is 0 Å². The molecule has 2 fully saturated rings. The van der Waals surface area contributed by atoms with E-state index in [0.717, 1.165) is 54.2 Å². The fraction of sp³-hybridized carbons (Fsp3) is 0.682. The van der Waals surface area contributed by atoms with Crippen LogP contribution in [0.15, 0.2) is 0 Å². The van der Waals surface area contributed by atoms with E-state index >= 15 is 0 Å². The van der Waals surface area contributed by atoms with Gasteiger partial charge < -0.3 is 19.6 Å². The molecule has 0 N–H and O–H groups in total. The molecular formula is C22H30N4O3S. The predicted molar refractivity (Wildman–Crippen MR) is 116 cm³/mol. The first kappa shape index (κ1) is 20.0. The van der Waals surface area contributed by atoms with Gasteiger partial charge in [0.25, 0.3) is 5.91 Å². The van der Waals surface area contributed by atoms with Crippen LogP contribution in [0.4, 0.5) is 5.00 Å². The number of amides is 3. The van der Waals surface area contributed by atoms with Crippen molar-refractivity contribution in [1.82, 2.24) is 14.7 Å². The number of carbonyl (C=O) groups is 3. The minimum Gasteiger partial charge on any atom is -0.337 e. The molecular weight excluding hydrogens is 400 g/mol. The number of hydrogen-bond donors (Lipinski definition) is 0. The van der Waals surface area contributed by atoms with Crippen LogP contribution in [0.25, 0.3) is 0 Å². The number of thiophene rings is 1. The van der Waals surface area contributed by atoms with Crippen molar-refractivity contribution in [2.45, 2.75) is 38.6 Å². The SMILES string of the molecule is CN1CCCC(C(=O)N2CCc3c(sc4c3C(=O)N(C)CC(=O)N4CC3CC3)C2)C1. The molecule has 3 aliphatic heterocycles. The van der Waals surface area contributed by atoms with Crippen LogP contribution in [0.3, 0.4) is 0 Å². The topological polar surface area (TPSA) is 64.2 Å². The molecule has 0 aromatic carbocycles. The predicted octanol–water partition coefficient (Wildman–Crippen LogP) is 1.80. The Labute approximate surface area is 181 Å². The summed E-state index contributed by atoms with van der Waals surface area (Å²) in [5.74, 6) is 0.825. The van der Waals surface area contributed by atoms with Crippen molar-refractivity contribution in [1.29, 1.82) is 0 Å². The van der Waals surface area contributed by atoms with Crippen LogP contribution in [0.5, 0.6) is 0 Å². The van der Waals surface area contributed by atoms with Crippen LogP contribution in [0.2, 0.25) is 0 Å². The molecule has 1 unspecified atom stereocenters. The monoisotopic (exact) mass is 430 g/mol. The Bertz CT molecular complexity index is 893. The first-order valence-electron chi connectivity index (χ1n) is 11.1. The highest BCUT2D eigenvalue weighted by Gasteiger charge is 2.40. The van der Waals surface area contributed by atoms with E-state index in [1.807, 2.05) is 9.80 Å². The summed E-state index contributed by atoms with van der Waals surface area (Å²) in [5, 5.41) is 0.818. The summed E-state index contributed by atoms with van der Waals surface area (Å²) in [5.41, 5.74) is 1.78. The largest absolute Gasteiger partial charge is 0.337 e. The van der Waals surface area contributed by atoms with E-state index < -0.39 is 0 Å². The van der Waals surface area contributed by atoms with Crippen molar-refractivity contribution >= 4 is 34.1 Å². The highest BCUT2D eigenvalue weighted by Crippen LogP contribution is 2.43. The number of likely N-dealkylation sites (tertiary alicyclic amines) is 1. The molecule has 1 aliphatic carbocycles. The van der Waals surface area contributed by atoms with Crippen LogP contribution < -0.4 is 4.90 Å². The molecule has 0 bridgehead atoms. The molecule has 4 heterocycles. The third kappa shape index (κ3) is 3.54. The number of nitrogens with zero attached hydrogens (tertiary/aromatic N) is 4. The van der Waals surface area contributed by atoms with Gasteiger partial charge in [-0.05, 0) is 57.2 Å². The second-order valence-electron chi connectivity index (χ2n) is 9.40. The third-order valence-corrected chi connectivity index (χ3v) is 8.18. The Kier molecular flexibility index (Phi) is 5.09. The first-order chi connectivity index (χ1) is 14.4. The quantitative estimate of drug-likeness (QED) is 0.734. The summed E-state index contributed by atoms with van der Waals surface area (Å²) in [6.07, 6.45) is 5.04. The van der Waals surface area contributed by atoms with Crippen LogP contribution in [0.1, 0.15) is 46.5 Å². The average molecular weight is 431 g/mol. The molecule has 1 aromatic rings. The van der Waals surface area contributed by atoms with Crippen molar-refractivity contribution in [2.75, 3.05) is 51.7 Å². The normalized spacial score (nSPS) is 25.3. The van der Waals surface area contributed by atoms with E-state index in [2.05, 4.69) is 11.9 Å². The van der Waals surface area contributed by atoms with Crippen molar-refractivity contribution < 1.29 is 14.4 Å². The number of rotatable bonds is 3. The van der Waals surface area contributed by atoms with E-state index in [0.29, 0.717) is 37.5 Å². The van der Waals surface area contributed by atoms with Crippen molar-refractivity contribution in [2.24, 2.45) is 11.8 Å². The second kappa shape index (κ2) is 7.64. The van der Waals surface area contributed by atoms with Gasteiger partial charge in [0, 0.05) is 31.6 Å². The number of piperidine rings is 1. The van der Waals surface area contributed by atoms with E-state index in [-0.39, 0.29) is 30.2 Å². The molecule has 0 spiro atoms. The Morgan fingerprint density at radius 1 is 1.10 bits per heavy atom. The number of hydrogen-bond acceptors (Lipinski definition) is 5. The van der Waals surface area contributed by atoms with E-state index in [1.54, 1.807) is 23.3 Å². The zero-order valence-electron chi connectivity index (χ0n) is 17.9. The standard InChI is InChI=1S/C22H30N4O3S/c1-23-8-3-4-15(11-23)20(28)25-9-7-16-17(12-25)30-22-19(16)21(29)24(2)13-18(27)26(22)10-14-5-6-14/h14-15H,3-13H2,1-2H3. The lowest BCUT2D eigenvalue weighted by atomic mass is 9.95. The minimum absolute atomic E-state index is 0.00766. The second-order valence-corrected chi connectivity index (χ2v) is 10.5. The maximum atomic E-state index is 13.2. The number of likely N-dealkylation sites (N-methyl/N-ethyl adjacent to an activating group) is 1. The number of fused-ring (bicyclic) bond motifs is 3. The molecule has 1 saturated heterocycles. The number of anilines is 1. The van der Waals surface area contributed by atoms with Crippen LogP contribution in [-0.4, -0.2) is 79.2 Å². The molecule has 7 nitrogen and oxygen atoms in total. The van der Waals surface area contributed by atoms with Gasteiger partial charge >= 0.3 is 0 Å². The van der Waals surface area contributed by atoms with Gasteiger partial charge in [0.05, 0.1) is 18.0 Å². The molecule has 5 rings (SSSR count). The fourth-order valence-electron chi connectivity index (χ4n) is 5.02. The highest BCUT2D eigenvalue weighted by atomic mass is 32.1. The molecule has 30 heavy (non-hydrogen) atoms. The first-order valence-corrected chi connectivity index (χ1v) is 11.9. The van der Waals surface area contributed by atoms with E-state index in [9.17, 15) is 14.4 Å². The van der Waals surface area contributed by atoms with Gasteiger partial charge in [-0.15, -0.1) is 11.3 Å². The Hall–Kier alpha value is -1.93. The van der Waals surface area contributed by atoms with Crippen molar-refractivity contribution in [3.05, 3.63) is 16.0 Å². The number of carbonyl (C=O) groups excluding carboxylic acids is 3. The van der Waals surface area contributed by atoms with Gasteiger partial charge in [-0.2, -0.15) is 0 Å². The summed E-state index contributed by atoms with van der Waals surface area (Å²) in [7, 11) is 3.80. The van der Waals surface area contributed by atoms with Gasteiger partial charge in [-0.25, -0.2) is 0 Å². The smallest absolute Gasteiger partial charge is 0.257 e. The Morgan fingerprint density at radius 3 is 2.63 bits per heavy atom. The Balaban J connectivity index is 1.43. The molecule has 4 aliphatic rings. The molecule has 162 valence electrons.